The Morgan fingerprint density at radius 1 is 0.905 bits per heavy atom. The Labute approximate surface area is 135 Å². The van der Waals surface area contributed by atoms with Gasteiger partial charge in [-0.25, -0.2) is 0 Å². The van der Waals surface area contributed by atoms with Gasteiger partial charge in [-0.15, -0.1) is 0 Å². The third-order valence-corrected chi connectivity index (χ3v) is 4.91. The molecule has 0 N–H and O–H groups in total. The van der Waals surface area contributed by atoms with E-state index in [1.165, 1.54) is 11.1 Å². The summed E-state index contributed by atoms with van der Waals surface area (Å²) < 4.78 is 10.7. The fourth-order valence-corrected chi connectivity index (χ4v) is 3.53. The van der Waals surface area contributed by atoms with Gasteiger partial charge in [0.2, 0.25) is 0 Å². The molecule has 0 radical (unpaired) electrons. The average molecular weight is 349 g/mol. The highest BCUT2D eigenvalue weighted by Gasteiger charge is 2.21. The van der Waals surface area contributed by atoms with Gasteiger partial charge in [0.25, 0.3) is 0 Å². The maximum absolute atomic E-state index is 5.40. The molecule has 0 fully saturated rings. The molecule has 0 heterocycles. The second-order valence-corrected chi connectivity index (χ2v) is 5.93. The Morgan fingerprint density at radius 3 is 2.14 bits per heavy atom. The first-order valence-electron chi connectivity index (χ1n) is 7.12. The van der Waals surface area contributed by atoms with Gasteiger partial charge in [-0.05, 0) is 29.7 Å². The first-order chi connectivity index (χ1) is 10.2. The van der Waals surface area contributed by atoms with Crippen LogP contribution in [-0.4, -0.2) is 14.2 Å². The molecule has 112 valence electrons. The number of alkyl halides is 1. The minimum atomic E-state index is 0.240. The number of methoxy groups -OCH3 is 2. The van der Waals surface area contributed by atoms with Crippen LogP contribution in [0.15, 0.2) is 48.5 Å². The lowest BCUT2D eigenvalue weighted by atomic mass is 9.89. The molecule has 3 heteroatoms. The Morgan fingerprint density at radius 2 is 1.57 bits per heavy atom. The summed E-state index contributed by atoms with van der Waals surface area (Å²) in [6.45, 7) is 2.21. The van der Waals surface area contributed by atoms with Crippen LogP contribution in [0.2, 0.25) is 0 Å². The molecule has 0 amide bonds. The summed E-state index contributed by atoms with van der Waals surface area (Å²) in [5.41, 5.74) is 2.54. The molecule has 21 heavy (non-hydrogen) atoms. The smallest absolute Gasteiger partial charge is 0.161 e. The van der Waals surface area contributed by atoms with Gasteiger partial charge in [0, 0.05) is 10.7 Å². The summed E-state index contributed by atoms with van der Waals surface area (Å²) in [5.74, 6) is 1.94. The molecule has 2 nitrogen and oxygen atoms in total. The molecule has 2 atom stereocenters. The Kier molecular flexibility index (Phi) is 5.68. The standard InChI is InChI=1S/C18H21BrO2/c1-4-15(13-8-6-5-7-9-13)18(19)14-10-11-16(20-2)17(12-14)21-3/h5-12,15,18H,4H2,1-3H3. The fraction of sp³-hybridized carbons (Fsp3) is 0.333. The van der Waals surface area contributed by atoms with Gasteiger partial charge in [-0.3, -0.25) is 0 Å². The van der Waals surface area contributed by atoms with E-state index in [0.29, 0.717) is 5.92 Å². The predicted molar refractivity (Wildman–Crippen MR) is 90.7 cm³/mol. The van der Waals surface area contributed by atoms with Gasteiger partial charge in [0.1, 0.15) is 0 Å². The highest BCUT2D eigenvalue weighted by Crippen LogP contribution is 2.42. The van der Waals surface area contributed by atoms with Gasteiger partial charge in [0.05, 0.1) is 14.2 Å². The van der Waals surface area contributed by atoms with Crippen LogP contribution in [-0.2, 0) is 0 Å². The van der Waals surface area contributed by atoms with Crippen molar-refractivity contribution in [2.75, 3.05) is 14.2 Å². The summed E-state index contributed by atoms with van der Waals surface area (Å²) in [6, 6.07) is 16.7. The molecule has 0 aliphatic rings. The van der Waals surface area contributed by atoms with Gasteiger partial charge < -0.3 is 9.47 Å². The summed E-state index contributed by atoms with van der Waals surface area (Å²) in [7, 11) is 3.32. The number of hydrogen-bond donors (Lipinski definition) is 0. The molecular weight excluding hydrogens is 328 g/mol. The van der Waals surface area contributed by atoms with E-state index in [4.69, 9.17) is 9.47 Å². The quantitative estimate of drug-likeness (QED) is 0.656. The molecule has 0 saturated carbocycles. The molecule has 2 rings (SSSR count). The molecule has 2 aromatic rings. The molecule has 2 unspecified atom stereocenters. The van der Waals surface area contributed by atoms with Crippen LogP contribution in [0.1, 0.15) is 35.2 Å². The molecule has 0 aromatic heterocycles. The highest BCUT2D eigenvalue weighted by molar-refractivity contribution is 9.09. The molecule has 0 aliphatic carbocycles. The largest absolute Gasteiger partial charge is 0.493 e. The Hall–Kier alpha value is -1.48. The summed E-state index contributed by atoms with van der Waals surface area (Å²) in [5, 5.41) is 0. The van der Waals surface area contributed by atoms with Crippen molar-refractivity contribution < 1.29 is 9.47 Å². The second kappa shape index (κ2) is 7.51. The molecule has 2 aromatic carbocycles. The zero-order chi connectivity index (χ0) is 15.2. The van der Waals surface area contributed by atoms with Crippen LogP contribution in [0, 0.1) is 0 Å². The maximum atomic E-state index is 5.40. The number of benzene rings is 2. The fourth-order valence-electron chi connectivity index (χ4n) is 2.57. The first kappa shape index (κ1) is 15.9. The van der Waals surface area contributed by atoms with E-state index in [1.807, 2.05) is 12.1 Å². The van der Waals surface area contributed by atoms with Crippen molar-refractivity contribution in [1.82, 2.24) is 0 Å². The van der Waals surface area contributed by atoms with Gasteiger partial charge in [0.15, 0.2) is 11.5 Å². The molecule has 0 aliphatic heterocycles. The average Bonchev–Trinajstić information content (AvgIpc) is 2.55. The zero-order valence-corrected chi connectivity index (χ0v) is 14.3. The van der Waals surface area contributed by atoms with Gasteiger partial charge >= 0.3 is 0 Å². The van der Waals surface area contributed by atoms with E-state index in [0.717, 1.165) is 17.9 Å². The van der Waals surface area contributed by atoms with E-state index in [9.17, 15) is 0 Å². The number of halogens is 1. The topological polar surface area (TPSA) is 18.5 Å². The van der Waals surface area contributed by atoms with Crippen LogP contribution in [0.4, 0.5) is 0 Å². The van der Waals surface area contributed by atoms with E-state index >= 15 is 0 Å². The van der Waals surface area contributed by atoms with Crippen molar-refractivity contribution in [3.63, 3.8) is 0 Å². The summed E-state index contributed by atoms with van der Waals surface area (Å²) in [6.07, 6.45) is 1.06. The molecular formula is C18H21BrO2. The van der Waals surface area contributed by atoms with E-state index < -0.39 is 0 Å². The minimum absolute atomic E-state index is 0.240. The predicted octanol–water partition coefficient (Wildman–Crippen LogP) is 5.33. The highest BCUT2D eigenvalue weighted by atomic mass is 79.9. The van der Waals surface area contributed by atoms with Gasteiger partial charge in [-0.2, -0.15) is 0 Å². The van der Waals surface area contributed by atoms with E-state index in [-0.39, 0.29) is 4.83 Å². The normalized spacial score (nSPS) is 13.5. The Bertz CT molecular complexity index is 569. The minimum Gasteiger partial charge on any atom is -0.493 e. The van der Waals surface area contributed by atoms with Crippen LogP contribution in [0.5, 0.6) is 11.5 Å². The van der Waals surface area contributed by atoms with Crippen molar-refractivity contribution in [1.29, 1.82) is 0 Å². The summed E-state index contributed by atoms with van der Waals surface area (Å²) >= 11 is 3.86. The van der Waals surface area contributed by atoms with Crippen molar-refractivity contribution in [3.8, 4) is 11.5 Å². The lowest BCUT2D eigenvalue weighted by molar-refractivity contribution is 0.354. The number of ether oxygens (including phenoxy) is 2. The number of rotatable bonds is 6. The van der Waals surface area contributed by atoms with E-state index in [1.54, 1.807) is 14.2 Å². The molecule has 0 spiro atoms. The first-order valence-corrected chi connectivity index (χ1v) is 8.03. The second-order valence-electron chi connectivity index (χ2n) is 4.94. The third kappa shape index (κ3) is 3.59. The zero-order valence-electron chi connectivity index (χ0n) is 12.7. The van der Waals surface area contributed by atoms with Crippen molar-refractivity contribution in [2.24, 2.45) is 0 Å². The van der Waals surface area contributed by atoms with Gasteiger partial charge in [-0.1, -0.05) is 59.3 Å². The van der Waals surface area contributed by atoms with Crippen molar-refractivity contribution in [2.45, 2.75) is 24.1 Å². The SMILES string of the molecule is CCC(c1ccccc1)C(Br)c1ccc(OC)c(OC)c1. The van der Waals surface area contributed by atoms with Crippen LogP contribution in [0.25, 0.3) is 0 Å². The third-order valence-electron chi connectivity index (χ3n) is 3.75. The molecule has 0 bridgehead atoms. The Balaban J connectivity index is 2.31. The maximum Gasteiger partial charge on any atom is 0.161 e. The van der Waals surface area contributed by atoms with Crippen LogP contribution in [0.3, 0.4) is 0 Å². The lowest BCUT2D eigenvalue weighted by Gasteiger charge is -2.23. The molecule has 0 saturated heterocycles. The van der Waals surface area contributed by atoms with Crippen molar-refractivity contribution in [3.05, 3.63) is 59.7 Å². The monoisotopic (exact) mass is 348 g/mol. The van der Waals surface area contributed by atoms with E-state index in [2.05, 4.69) is 59.3 Å². The van der Waals surface area contributed by atoms with Crippen molar-refractivity contribution >= 4 is 15.9 Å². The lowest BCUT2D eigenvalue weighted by Crippen LogP contribution is -2.05. The number of hydrogen-bond acceptors (Lipinski definition) is 2. The summed E-state index contributed by atoms with van der Waals surface area (Å²) in [4.78, 5) is 0.240. The van der Waals surface area contributed by atoms with Crippen LogP contribution >= 0.6 is 15.9 Å². The van der Waals surface area contributed by atoms with Crippen LogP contribution < -0.4 is 9.47 Å².